The molecule has 1 saturated carbocycles. The van der Waals surface area contributed by atoms with Crippen molar-refractivity contribution in [2.45, 2.75) is 32.1 Å². The number of hydrogen-bond donors (Lipinski definition) is 2. The lowest BCUT2D eigenvalue weighted by molar-refractivity contribution is -0.122. The Labute approximate surface area is 118 Å². The van der Waals surface area contributed by atoms with Crippen LogP contribution in [-0.4, -0.2) is 11.8 Å². The van der Waals surface area contributed by atoms with Crippen LogP contribution in [0.2, 0.25) is 0 Å². The molecule has 1 aromatic heterocycles. The highest BCUT2D eigenvalue weighted by molar-refractivity contribution is 9.11. The van der Waals surface area contributed by atoms with Gasteiger partial charge in [-0.3, -0.25) is 20.4 Å². The molecule has 1 fully saturated rings. The first-order valence-corrected chi connectivity index (χ1v) is 7.60. The van der Waals surface area contributed by atoms with Crippen LogP contribution in [0, 0.1) is 5.92 Å². The number of rotatable bonds is 3. The summed E-state index contributed by atoms with van der Waals surface area (Å²) in [6, 6.07) is 3.52. The Kier molecular flexibility index (Phi) is 4.77. The predicted molar refractivity (Wildman–Crippen MR) is 74.2 cm³/mol. The highest BCUT2D eigenvalue weighted by Gasteiger charge is 2.18. The van der Waals surface area contributed by atoms with E-state index in [1.54, 1.807) is 12.1 Å². The molecule has 1 aliphatic rings. The summed E-state index contributed by atoms with van der Waals surface area (Å²) >= 11 is 4.62. The number of thiophene rings is 1. The second-order valence-corrected chi connectivity index (χ2v) is 6.92. The van der Waals surface area contributed by atoms with Crippen molar-refractivity contribution in [3.05, 3.63) is 20.8 Å². The second-order valence-electron chi connectivity index (χ2n) is 4.46. The van der Waals surface area contributed by atoms with E-state index in [1.165, 1.54) is 24.2 Å². The summed E-state index contributed by atoms with van der Waals surface area (Å²) < 4.78 is 0.893. The fourth-order valence-electron chi connectivity index (χ4n) is 2.15. The molecule has 0 aliphatic heterocycles. The van der Waals surface area contributed by atoms with Crippen molar-refractivity contribution < 1.29 is 9.59 Å². The first kappa shape index (κ1) is 13.5. The lowest BCUT2D eigenvalue weighted by atomic mass is 10.0. The van der Waals surface area contributed by atoms with Gasteiger partial charge in [-0.1, -0.05) is 12.8 Å². The Morgan fingerprint density at radius 1 is 1.28 bits per heavy atom. The Morgan fingerprint density at radius 2 is 2.00 bits per heavy atom. The minimum Gasteiger partial charge on any atom is -0.273 e. The molecule has 0 aromatic carbocycles. The Morgan fingerprint density at radius 3 is 2.61 bits per heavy atom. The Balaban J connectivity index is 1.73. The maximum absolute atomic E-state index is 11.7. The van der Waals surface area contributed by atoms with Crippen molar-refractivity contribution in [1.29, 1.82) is 0 Å². The summed E-state index contributed by atoms with van der Waals surface area (Å²) in [6.45, 7) is 0. The van der Waals surface area contributed by atoms with Crippen LogP contribution in [-0.2, 0) is 4.79 Å². The first-order valence-electron chi connectivity index (χ1n) is 5.99. The molecule has 2 N–H and O–H groups in total. The van der Waals surface area contributed by atoms with Crippen molar-refractivity contribution >= 4 is 39.1 Å². The topological polar surface area (TPSA) is 58.2 Å². The van der Waals surface area contributed by atoms with Gasteiger partial charge in [0, 0.05) is 6.42 Å². The molecule has 98 valence electrons. The normalized spacial score (nSPS) is 15.6. The van der Waals surface area contributed by atoms with Gasteiger partial charge in [-0.05, 0) is 46.8 Å². The van der Waals surface area contributed by atoms with Gasteiger partial charge in [0.15, 0.2) is 0 Å². The van der Waals surface area contributed by atoms with Crippen molar-refractivity contribution in [3.8, 4) is 0 Å². The number of hydrogen-bond acceptors (Lipinski definition) is 3. The van der Waals surface area contributed by atoms with Crippen LogP contribution in [0.1, 0.15) is 41.8 Å². The summed E-state index contributed by atoms with van der Waals surface area (Å²) in [5.74, 6) is 0.106. The maximum Gasteiger partial charge on any atom is 0.279 e. The zero-order chi connectivity index (χ0) is 13.0. The molecule has 0 bridgehead atoms. The van der Waals surface area contributed by atoms with E-state index in [2.05, 4.69) is 26.8 Å². The van der Waals surface area contributed by atoms with E-state index in [1.807, 2.05) is 0 Å². The molecule has 0 radical (unpaired) electrons. The Bertz CT molecular complexity index is 441. The summed E-state index contributed by atoms with van der Waals surface area (Å²) in [7, 11) is 0. The van der Waals surface area contributed by atoms with Crippen molar-refractivity contribution in [1.82, 2.24) is 10.9 Å². The predicted octanol–water partition coefficient (Wildman–Crippen LogP) is 2.85. The van der Waals surface area contributed by atoms with E-state index in [-0.39, 0.29) is 11.8 Å². The largest absolute Gasteiger partial charge is 0.279 e. The Hall–Kier alpha value is -0.880. The van der Waals surface area contributed by atoms with Gasteiger partial charge >= 0.3 is 0 Å². The van der Waals surface area contributed by atoms with Gasteiger partial charge in [0.25, 0.3) is 5.91 Å². The smallest absolute Gasteiger partial charge is 0.273 e. The van der Waals surface area contributed by atoms with Crippen LogP contribution in [0.4, 0.5) is 0 Å². The van der Waals surface area contributed by atoms with E-state index in [0.717, 1.165) is 16.6 Å². The molecule has 1 aromatic rings. The quantitative estimate of drug-likeness (QED) is 0.837. The third kappa shape index (κ3) is 3.81. The molecular weight excluding hydrogens is 316 g/mol. The van der Waals surface area contributed by atoms with Crippen LogP contribution in [0.25, 0.3) is 0 Å². The van der Waals surface area contributed by atoms with E-state index >= 15 is 0 Å². The van der Waals surface area contributed by atoms with Crippen LogP contribution < -0.4 is 10.9 Å². The van der Waals surface area contributed by atoms with Crippen molar-refractivity contribution in [2.24, 2.45) is 5.92 Å². The lowest BCUT2D eigenvalue weighted by Crippen LogP contribution is -2.41. The van der Waals surface area contributed by atoms with Crippen molar-refractivity contribution in [3.63, 3.8) is 0 Å². The molecule has 0 spiro atoms. The zero-order valence-corrected chi connectivity index (χ0v) is 12.3. The van der Waals surface area contributed by atoms with Crippen LogP contribution in [0.3, 0.4) is 0 Å². The molecule has 1 aliphatic carbocycles. The molecule has 18 heavy (non-hydrogen) atoms. The molecule has 0 saturated heterocycles. The average Bonchev–Trinajstić information content (AvgIpc) is 2.97. The third-order valence-corrected chi connectivity index (χ3v) is 4.68. The number of nitrogens with one attached hydrogen (secondary N) is 2. The highest BCUT2D eigenvalue weighted by Crippen LogP contribution is 2.27. The fraction of sp³-hybridized carbons (Fsp3) is 0.500. The summed E-state index contributed by atoms with van der Waals surface area (Å²) in [5.41, 5.74) is 4.91. The van der Waals surface area contributed by atoms with Gasteiger partial charge in [0.05, 0.1) is 8.66 Å². The molecule has 6 heteroatoms. The molecule has 2 amide bonds. The van der Waals surface area contributed by atoms with E-state index < -0.39 is 0 Å². The van der Waals surface area contributed by atoms with E-state index in [0.29, 0.717) is 17.2 Å². The van der Waals surface area contributed by atoms with Crippen molar-refractivity contribution in [2.75, 3.05) is 0 Å². The summed E-state index contributed by atoms with van der Waals surface area (Å²) in [5, 5.41) is 0. The number of halogens is 1. The average molecular weight is 331 g/mol. The maximum atomic E-state index is 11.7. The minimum atomic E-state index is -0.273. The number of hydrazine groups is 1. The molecule has 4 nitrogen and oxygen atoms in total. The zero-order valence-electron chi connectivity index (χ0n) is 9.87. The summed E-state index contributed by atoms with van der Waals surface area (Å²) in [6.07, 6.45) is 5.19. The van der Waals surface area contributed by atoms with Gasteiger partial charge in [-0.15, -0.1) is 11.3 Å². The molecule has 0 unspecified atom stereocenters. The SMILES string of the molecule is O=C(CC1CCCC1)NNC(=O)c1ccc(Br)s1. The fourth-order valence-corrected chi connectivity index (χ4v) is 3.43. The van der Waals surface area contributed by atoms with Crippen LogP contribution >= 0.6 is 27.3 Å². The third-order valence-electron chi connectivity index (χ3n) is 3.06. The first-order chi connectivity index (χ1) is 8.65. The molecule has 1 heterocycles. The van der Waals surface area contributed by atoms with Gasteiger partial charge in [-0.25, -0.2) is 0 Å². The van der Waals surface area contributed by atoms with Gasteiger partial charge in [-0.2, -0.15) is 0 Å². The molecular formula is C12H15BrN2O2S. The minimum absolute atomic E-state index is 0.106. The number of carbonyl (C=O) groups is 2. The highest BCUT2D eigenvalue weighted by atomic mass is 79.9. The molecule has 0 atom stereocenters. The van der Waals surface area contributed by atoms with Gasteiger partial charge in [0.1, 0.15) is 0 Å². The van der Waals surface area contributed by atoms with E-state index in [4.69, 9.17) is 0 Å². The monoisotopic (exact) mass is 330 g/mol. The van der Waals surface area contributed by atoms with Crippen LogP contribution in [0.5, 0.6) is 0 Å². The summed E-state index contributed by atoms with van der Waals surface area (Å²) in [4.78, 5) is 23.8. The number of amides is 2. The van der Waals surface area contributed by atoms with E-state index in [9.17, 15) is 9.59 Å². The standard InChI is InChI=1S/C12H15BrN2O2S/c13-10-6-5-9(18-10)12(17)15-14-11(16)7-8-3-1-2-4-8/h5-6,8H,1-4,7H2,(H,14,16)(H,15,17). The van der Waals surface area contributed by atoms with Gasteiger partial charge in [0.2, 0.25) is 5.91 Å². The lowest BCUT2D eigenvalue weighted by Gasteiger charge is -2.09. The van der Waals surface area contributed by atoms with Gasteiger partial charge < -0.3 is 0 Å². The second kappa shape index (κ2) is 6.33. The van der Waals surface area contributed by atoms with Crippen LogP contribution in [0.15, 0.2) is 15.9 Å². The molecule has 2 rings (SSSR count). The number of carbonyl (C=O) groups excluding carboxylic acids is 2.